The van der Waals surface area contributed by atoms with E-state index in [1.165, 1.54) is 32.1 Å². The molecule has 1 aromatic heterocycles. The number of hydrogen-bond donors (Lipinski definition) is 0. The lowest BCUT2D eigenvalue weighted by Crippen LogP contribution is -2.39. The Balaban J connectivity index is 1.91. The molecule has 1 aliphatic carbocycles. The zero-order valence-corrected chi connectivity index (χ0v) is 13.0. The number of aromatic nitrogens is 3. The van der Waals surface area contributed by atoms with Crippen molar-refractivity contribution < 1.29 is 0 Å². The van der Waals surface area contributed by atoms with Crippen molar-refractivity contribution >= 4 is 5.95 Å². The van der Waals surface area contributed by atoms with Crippen LogP contribution in [0.4, 0.5) is 5.95 Å². The minimum Gasteiger partial charge on any atom is -0.334 e. The van der Waals surface area contributed by atoms with Crippen molar-refractivity contribution in [1.29, 1.82) is 0 Å². The van der Waals surface area contributed by atoms with E-state index in [2.05, 4.69) is 35.9 Å². The highest BCUT2D eigenvalue weighted by Gasteiger charge is 2.41. The third kappa shape index (κ3) is 2.29. The summed E-state index contributed by atoms with van der Waals surface area (Å²) < 4.78 is 0. The molecular formula is C16H26N4. The lowest BCUT2D eigenvalue weighted by molar-refractivity contribution is 0.340. The van der Waals surface area contributed by atoms with Gasteiger partial charge in [0.2, 0.25) is 5.95 Å². The van der Waals surface area contributed by atoms with Gasteiger partial charge >= 0.3 is 0 Å². The molecule has 3 rings (SSSR count). The van der Waals surface area contributed by atoms with E-state index < -0.39 is 0 Å². The van der Waals surface area contributed by atoms with E-state index in [4.69, 9.17) is 4.98 Å². The van der Waals surface area contributed by atoms with Crippen LogP contribution in [0.15, 0.2) is 0 Å². The molecule has 0 spiro atoms. The molecule has 1 aromatic rings. The van der Waals surface area contributed by atoms with Crippen LogP contribution in [0.1, 0.15) is 64.3 Å². The van der Waals surface area contributed by atoms with Crippen LogP contribution in [0.5, 0.6) is 0 Å². The van der Waals surface area contributed by atoms with Gasteiger partial charge in [-0.2, -0.15) is 5.10 Å². The summed E-state index contributed by atoms with van der Waals surface area (Å²) in [5.41, 5.74) is 2.19. The third-order valence-electron chi connectivity index (χ3n) is 5.07. The van der Waals surface area contributed by atoms with E-state index in [0.717, 1.165) is 36.1 Å². The second kappa shape index (κ2) is 5.66. The molecule has 2 aliphatic rings. The number of anilines is 1. The van der Waals surface area contributed by atoms with Crippen molar-refractivity contribution in [1.82, 2.24) is 15.2 Å². The number of fused-ring (bicyclic) bond motifs is 1. The SMILES string of the molecule is CCc1nnc(N2C(C)CC3CCCCC32)nc1CC. The lowest BCUT2D eigenvalue weighted by Gasteiger charge is -2.33. The summed E-state index contributed by atoms with van der Waals surface area (Å²) in [5.74, 6) is 1.72. The van der Waals surface area contributed by atoms with Crippen molar-refractivity contribution in [3.05, 3.63) is 11.4 Å². The van der Waals surface area contributed by atoms with Gasteiger partial charge in [-0.15, -0.1) is 5.10 Å². The predicted octanol–water partition coefficient (Wildman–Crippen LogP) is 3.15. The van der Waals surface area contributed by atoms with Gasteiger partial charge in [-0.1, -0.05) is 26.7 Å². The molecule has 1 aliphatic heterocycles. The highest BCUT2D eigenvalue weighted by atomic mass is 15.4. The maximum atomic E-state index is 4.84. The smallest absolute Gasteiger partial charge is 0.246 e. The Morgan fingerprint density at radius 3 is 2.55 bits per heavy atom. The van der Waals surface area contributed by atoms with Crippen molar-refractivity contribution in [2.45, 2.75) is 77.8 Å². The van der Waals surface area contributed by atoms with Crippen LogP contribution < -0.4 is 4.90 Å². The summed E-state index contributed by atoms with van der Waals surface area (Å²) in [6.45, 7) is 6.60. The molecule has 0 N–H and O–H groups in total. The summed E-state index contributed by atoms with van der Waals surface area (Å²) in [5, 5.41) is 8.88. The molecular weight excluding hydrogens is 248 g/mol. The second-order valence-electron chi connectivity index (χ2n) is 6.32. The van der Waals surface area contributed by atoms with Gasteiger partial charge < -0.3 is 4.90 Å². The topological polar surface area (TPSA) is 41.9 Å². The predicted molar refractivity (Wildman–Crippen MR) is 80.9 cm³/mol. The molecule has 4 nitrogen and oxygen atoms in total. The second-order valence-corrected chi connectivity index (χ2v) is 6.32. The average Bonchev–Trinajstić information content (AvgIpc) is 2.82. The van der Waals surface area contributed by atoms with E-state index in [0.29, 0.717) is 12.1 Å². The van der Waals surface area contributed by atoms with Gasteiger partial charge in [0.25, 0.3) is 0 Å². The van der Waals surface area contributed by atoms with Crippen molar-refractivity contribution in [3.63, 3.8) is 0 Å². The van der Waals surface area contributed by atoms with Gasteiger partial charge in [0.1, 0.15) is 0 Å². The molecule has 0 radical (unpaired) electrons. The summed E-state index contributed by atoms with van der Waals surface area (Å²) in [7, 11) is 0. The first-order valence-electron chi connectivity index (χ1n) is 8.25. The third-order valence-corrected chi connectivity index (χ3v) is 5.07. The molecule has 20 heavy (non-hydrogen) atoms. The first-order chi connectivity index (χ1) is 9.74. The van der Waals surface area contributed by atoms with Crippen LogP contribution in [0.2, 0.25) is 0 Å². The van der Waals surface area contributed by atoms with E-state index in [-0.39, 0.29) is 0 Å². The largest absolute Gasteiger partial charge is 0.334 e. The quantitative estimate of drug-likeness (QED) is 0.849. The van der Waals surface area contributed by atoms with Gasteiger partial charge in [-0.3, -0.25) is 0 Å². The van der Waals surface area contributed by atoms with E-state index in [9.17, 15) is 0 Å². The first kappa shape index (κ1) is 13.8. The van der Waals surface area contributed by atoms with Gasteiger partial charge in [0.15, 0.2) is 0 Å². The first-order valence-corrected chi connectivity index (χ1v) is 8.25. The maximum absolute atomic E-state index is 4.84. The van der Waals surface area contributed by atoms with Crippen LogP contribution in [-0.2, 0) is 12.8 Å². The van der Waals surface area contributed by atoms with Crippen LogP contribution in [0.25, 0.3) is 0 Å². The fourth-order valence-corrected chi connectivity index (χ4v) is 4.09. The van der Waals surface area contributed by atoms with Crippen molar-refractivity contribution in [2.75, 3.05) is 4.90 Å². The Morgan fingerprint density at radius 2 is 1.80 bits per heavy atom. The summed E-state index contributed by atoms with van der Waals surface area (Å²) in [6, 6.07) is 1.21. The fraction of sp³-hybridized carbons (Fsp3) is 0.812. The molecule has 1 saturated heterocycles. The monoisotopic (exact) mass is 274 g/mol. The molecule has 110 valence electrons. The van der Waals surface area contributed by atoms with Crippen molar-refractivity contribution in [3.8, 4) is 0 Å². The number of rotatable bonds is 3. The Labute approximate surface area is 122 Å². The molecule has 2 heterocycles. The molecule has 3 atom stereocenters. The van der Waals surface area contributed by atoms with Gasteiger partial charge in [-0.25, -0.2) is 4.98 Å². The van der Waals surface area contributed by atoms with Crippen LogP contribution >= 0.6 is 0 Å². The van der Waals surface area contributed by atoms with Crippen LogP contribution in [0.3, 0.4) is 0 Å². The van der Waals surface area contributed by atoms with Gasteiger partial charge in [-0.05, 0) is 44.9 Å². The normalized spacial score (nSPS) is 29.6. The number of hydrogen-bond acceptors (Lipinski definition) is 4. The van der Waals surface area contributed by atoms with Crippen LogP contribution in [-0.4, -0.2) is 27.3 Å². The average molecular weight is 274 g/mol. The molecule has 0 amide bonds. The van der Waals surface area contributed by atoms with Gasteiger partial charge in [0.05, 0.1) is 11.4 Å². The minimum absolute atomic E-state index is 0.557. The Morgan fingerprint density at radius 1 is 1.05 bits per heavy atom. The summed E-state index contributed by atoms with van der Waals surface area (Å²) >= 11 is 0. The maximum Gasteiger partial charge on any atom is 0.246 e. The lowest BCUT2D eigenvalue weighted by atomic mass is 9.85. The number of aryl methyl sites for hydroxylation is 2. The Kier molecular flexibility index (Phi) is 3.90. The Bertz CT molecular complexity index is 474. The molecule has 1 saturated carbocycles. The fourth-order valence-electron chi connectivity index (χ4n) is 4.09. The van der Waals surface area contributed by atoms with Crippen molar-refractivity contribution in [2.24, 2.45) is 5.92 Å². The molecule has 2 fully saturated rings. The van der Waals surface area contributed by atoms with E-state index >= 15 is 0 Å². The number of nitrogens with zero attached hydrogens (tertiary/aromatic N) is 4. The summed E-state index contributed by atoms with van der Waals surface area (Å²) in [4.78, 5) is 7.31. The standard InChI is InChI=1S/C16H26N4/c1-4-13-14(5-2)18-19-16(17-13)20-11(3)10-12-8-6-7-9-15(12)20/h11-12,15H,4-10H2,1-3H3. The van der Waals surface area contributed by atoms with Crippen LogP contribution in [0, 0.1) is 5.92 Å². The highest BCUT2D eigenvalue weighted by molar-refractivity contribution is 5.37. The summed E-state index contributed by atoms with van der Waals surface area (Å²) in [6.07, 6.45) is 8.60. The molecule has 3 unspecified atom stereocenters. The molecule has 0 bridgehead atoms. The zero-order chi connectivity index (χ0) is 14.1. The molecule has 0 aromatic carbocycles. The van der Waals surface area contributed by atoms with E-state index in [1.807, 2.05) is 0 Å². The van der Waals surface area contributed by atoms with Gasteiger partial charge in [0, 0.05) is 12.1 Å². The van der Waals surface area contributed by atoms with E-state index in [1.54, 1.807) is 0 Å². The highest BCUT2D eigenvalue weighted by Crippen LogP contribution is 2.40. The molecule has 4 heteroatoms. The minimum atomic E-state index is 0.557. The zero-order valence-electron chi connectivity index (χ0n) is 13.0. The Hall–Kier alpha value is -1.19.